The van der Waals surface area contributed by atoms with E-state index >= 15 is 0 Å². The lowest BCUT2D eigenvalue weighted by atomic mass is 9.98. The fraction of sp³-hybridized carbons (Fsp3) is 0. The molecule has 0 N–H and O–H groups in total. The van der Waals surface area contributed by atoms with E-state index in [0.29, 0.717) is 11.6 Å². The molecule has 0 unspecified atom stereocenters. The molecule has 0 radical (unpaired) electrons. The van der Waals surface area contributed by atoms with Gasteiger partial charge < -0.3 is 9.13 Å². The first kappa shape index (κ1) is 77.4. The molecule has 24 aromatic rings. The standard InChI is InChI=1S/2C61H40N4/c1-4-14-41(15-5-1)43-24-32-47(33-25-43)55-40-56(64-61(63-55)50-38-30-44(31-39-50)42-16-6-2-7-17-42)48-34-26-45(27-35-48)46-28-36-49(37-29-46)59-58-53-21-11-13-23-57(53)65(51-18-8-3-9-19-51)60(58)52-20-10-12-22-54(52)62-59;1-4-14-41(15-5-1)43-24-32-47(33-25-43)55-40-56(48-34-26-44(27-35-48)42-16-6-2-7-17-42)64-61(63-55)50-38-30-46(31-39-50)45-28-36-49(37-29-45)59-58-53-21-11-13-23-57(53)65(51-18-8-3-9-19-51)60(58)52-20-10-12-22-54(52)62-59/h2*1-40H. The largest absolute Gasteiger partial charge is 0.308 e. The number of nitrogens with zero attached hydrogens (tertiary/aromatic N) is 8. The zero-order chi connectivity index (χ0) is 86.2. The average molecular weight is 1660 g/mol. The molecular formula is C122H80N8. The van der Waals surface area contributed by atoms with Crippen LogP contribution in [0.15, 0.2) is 485 Å². The highest BCUT2D eigenvalue weighted by molar-refractivity contribution is 6.24. The molecule has 24 rings (SSSR count). The number of pyridine rings is 2. The van der Waals surface area contributed by atoms with Crippen molar-refractivity contribution in [3.05, 3.63) is 485 Å². The van der Waals surface area contributed by atoms with Gasteiger partial charge in [-0.15, -0.1) is 0 Å². The zero-order valence-corrected chi connectivity index (χ0v) is 70.8. The van der Waals surface area contributed by atoms with Crippen molar-refractivity contribution in [2.75, 3.05) is 0 Å². The fourth-order valence-electron chi connectivity index (χ4n) is 18.3. The SMILES string of the molecule is c1ccc(-c2ccc(-c3cc(-c4ccc(-c5ccc(-c6nc7ccccc7c7c6c6ccccc6n7-c6ccccc6)cc5)cc4)nc(-c4ccc(-c5ccccc5)cc4)n3)cc2)cc1.c1ccc(-c2ccc(-c3cc(-c4ccc(-c5ccccc5)cc4)nc(-c4ccc(-c5ccc(-c6nc7ccccc7c7c6c6ccccc6n7-c6ccccc6)cc5)cc4)n3)cc2)cc1. The van der Waals surface area contributed by atoms with E-state index in [9.17, 15) is 0 Å². The van der Waals surface area contributed by atoms with Gasteiger partial charge in [0.2, 0.25) is 0 Å². The number of fused-ring (bicyclic) bond motifs is 10. The molecule has 608 valence electrons. The first-order chi connectivity index (χ1) is 64.4. The summed E-state index contributed by atoms with van der Waals surface area (Å²) in [6, 6.07) is 171. The van der Waals surface area contributed by atoms with Crippen LogP contribution in [0.3, 0.4) is 0 Å². The summed E-state index contributed by atoms with van der Waals surface area (Å²) < 4.78 is 4.78. The lowest BCUT2D eigenvalue weighted by Gasteiger charge is -2.12. The fourth-order valence-corrected chi connectivity index (χ4v) is 18.3. The van der Waals surface area contributed by atoms with Crippen LogP contribution in [-0.2, 0) is 0 Å². The van der Waals surface area contributed by atoms with Crippen molar-refractivity contribution < 1.29 is 0 Å². The Labute approximate surface area is 753 Å². The molecule has 6 heterocycles. The van der Waals surface area contributed by atoms with Gasteiger partial charge in [0.05, 0.1) is 67.3 Å². The van der Waals surface area contributed by atoms with Gasteiger partial charge in [-0.25, -0.2) is 29.9 Å². The van der Waals surface area contributed by atoms with Crippen molar-refractivity contribution in [3.8, 4) is 168 Å². The average Bonchev–Trinajstić information content (AvgIpc) is 1.56. The van der Waals surface area contributed by atoms with Crippen LogP contribution >= 0.6 is 0 Å². The summed E-state index contributed by atoms with van der Waals surface area (Å²) in [5.74, 6) is 1.37. The number of hydrogen-bond acceptors (Lipinski definition) is 6. The van der Waals surface area contributed by atoms with Crippen molar-refractivity contribution in [1.82, 2.24) is 39.0 Å². The molecule has 8 nitrogen and oxygen atoms in total. The maximum absolute atomic E-state index is 5.35. The van der Waals surface area contributed by atoms with Gasteiger partial charge in [0.15, 0.2) is 11.6 Å². The van der Waals surface area contributed by atoms with Crippen LogP contribution in [0.1, 0.15) is 0 Å². The molecule has 0 saturated carbocycles. The summed E-state index contributed by atoms with van der Waals surface area (Å²) in [6.07, 6.45) is 0. The topological polar surface area (TPSA) is 87.2 Å². The Hall–Kier alpha value is -17.5. The van der Waals surface area contributed by atoms with Crippen LogP contribution in [0.5, 0.6) is 0 Å². The highest BCUT2D eigenvalue weighted by atomic mass is 15.0. The molecule has 18 aromatic carbocycles. The minimum atomic E-state index is 0.680. The molecule has 130 heavy (non-hydrogen) atoms. The quantitative estimate of drug-likeness (QED) is 0.0958. The van der Waals surface area contributed by atoms with Gasteiger partial charge in [-0.3, -0.25) is 0 Å². The van der Waals surface area contributed by atoms with E-state index in [1.54, 1.807) is 0 Å². The highest BCUT2D eigenvalue weighted by Crippen LogP contribution is 2.46. The zero-order valence-electron chi connectivity index (χ0n) is 70.8. The van der Waals surface area contributed by atoms with Gasteiger partial charge >= 0.3 is 0 Å². The Morgan fingerprint density at radius 1 is 0.146 bits per heavy atom. The summed E-state index contributed by atoms with van der Waals surface area (Å²) in [7, 11) is 0. The minimum absolute atomic E-state index is 0.680. The first-order valence-corrected chi connectivity index (χ1v) is 44.0. The van der Waals surface area contributed by atoms with Crippen LogP contribution in [0.25, 0.3) is 234 Å². The lowest BCUT2D eigenvalue weighted by Crippen LogP contribution is -1.96. The van der Waals surface area contributed by atoms with Crippen molar-refractivity contribution in [2.45, 2.75) is 0 Å². The summed E-state index contributed by atoms with van der Waals surface area (Å²) in [6.45, 7) is 0. The minimum Gasteiger partial charge on any atom is -0.308 e. The molecule has 0 bridgehead atoms. The summed E-state index contributed by atoms with van der Waals surface area (Å²) in [5.41, 5.74) is 36.4. The Kier molecular flexibility index (Phi) is 20.2. The Bertz CT molecular complexity index is 7570. The highest BCUT2D eigenvalue weighted by Gasteiger charge is 2.25. The summed E-state index contributed by atoms with van der Waals surface area (Å²) >= 11 is 0. The number of rotatable bonds is 16. The number of benzene rings is 18. The molecule has 0 spiro atoms. The van der Waals surface area contributed by atoms with Crippen molar-refractivity contribution in [1.29, 1.82) is 0 Å². The third-order valence-electron chi connectivity index (χ3n) is 24.9. The first-order valence-electron chi connectivity index (χ1n) is 44.0. The Balaban J connectivity index is 0.000000148. The normalized spacial score (nSPS) is 11.4. The van der Waals surface area contributed by atoms with Crippen molar-refractivity contribution >= 4 is 65.4 Å². The lowest BCUT2D eigenvalue weighted by molar-refractivity contribution is 1.18. The molecule has 0 aliphatic carbocycles. The van der Waals surface area contributed by atoms with E-state index in [2.05, 4.69) is 470 Å². The molecule has 0 aliphatic heterocycles. The van der Waals surface area contributed by atoms with Crippen LogP contribution in [0.2, 0.25) is 0 Å². The van der Waals surface area contributed by atoms with Crippen molar-refractivity contribution in [2.24, 2.45) is 0 Å². The van der Waals surface area contributed by atoms with Gasteiger partial charge in [-0.2, -0.15) is 0 Å². The molecule has 0 fully saturated rings. The van der Waals surface area contributed by atoms with Crippen LogP contribution < -0.4 is 0 Å². The van der Waals surface area contributed by atoms with Crippen LogP contribution in [0.4, 0.5) is 0 Å². The molecule has 0 saturated heterocycles. The third kappa shape index (κ3) is 14.9. The van der Waals surface area contributed by atoms with E-state index < -0.39 is 0 Å². The van der Waals surface area contributed by atoms with Crippen molar-refractivity contribution in [3.63, 3.8) is 0 Å². The van der Waals surface area contributed by atoms with Gasteiger partial charge in [0, 0.05) is 88.2 Å². The Morgan fingerprint density at radius 2 is 0.346 bits per heavy atom. The van der Waals surface area contributed by atoms with Crippen LogP contribution in [0, 0.1) is 0 Å². The van der Waals surface area contributed by atoms with Gasteiger partial charge in [-0.1, -0.05) is 425 Å². The maximum Gasteiger partial charge on any atom is 0.160 e. The second-order valence-corrected chi connectivity index (χ2v) is 32.8. The molecule has 0 atom stereocenters. The van der Waals surface area contributed by atoms with Gasteiger partial charge in [0.25, 0.3) is 0 Å². The Morgan fingerprint density at radius 3 is 0.615 bits per heavy atom. The number of para-hydroxylation sites is 6. The maximum atomic E-state index is 5.35. The smallest absolute Gasteiger partial charge is 0.160 e. The van der Waals surface area contributed by atoms with E-state index in [-0.39, 0.29) is 0 Å². The van der Waals surface area contributed by atoms with Gasteiger partial charge in [-0.05, 0) is 127 Å². The third-order valence-corrected chi connectivity index (χ3v) is 24.9. The van der Waals surface area contributed by atoms with E-state index in [1.165, 1.54) is 60.8 Å². The monoisotopic (exact) mass is 1660 g/mol. The number of aromatic nitrogens is 8. The number of hydrogen-bond donors (Lipinski definition) is 0. The van der Waals surface area contributed by atoms with Gasteiger partial charge in [0.1, 0.15) is 0 Å². The second-order valence-electron chi connectivity index (χ2n) is 32.8. The van der Waals surface area contributed by atoms with Crippen LogP contribution in [-0.4, -0.2) is 39.0 Å². The van der Waals surface area contributed by atoms with E-state index in [1.807, 2.05) is 24.3 Å². The molecule has 8 heteroatoms. The summed E-state index contributed by atoms with van der Waals surface area (Å²) in [5, 5.41) is 6.94. The molecule has 0 amide bonds. The molecule has 6 aromatic heterocycles. The predicted molar refractivity (Wildman–Crippen MR) is 539 cm³/mol. The molecular weight excluding hydrogens is 1580 g/mol. The second kappa shape index (κ2) is 33.9. The summed E-state index contributed by atoms with van der Waals surface area (Å²) in [4.78, 5) is 31.4. The van der Waals surface area contributed by atoms with E-state index in [0.717, 1.165) is 161 Å². The predicted octanol–water partition coefficient (Wildman–Crippen LogP) is 31.6. The molecule has 0 aliphatic rings. The van der Waals surface area contributed by atoms with E-state index in [4.69, 9.17) is 29.9 Å².